The molecule has 2 rings (SSSR count). The van der Waals surface area contributed by atoms with E-state index in [2.05, 4.69) is 15.3 Å². The number of hydrogen-bond donors (Lipinski definition) is 1. The molecule has 0 spiro atoms. The van der Waals surface area contributed by atoms with Crippen molar-refractivity contribution >= 4 is 11.7 Å². The van der Waals surface area contributed by atoms with Crippen LogP contribution < -0.4 is 5.32 Å². The van der Waals surface area contributed by atoms with E-state index in [0.29, 0.717) is 6.42 Å². The van der Waals surface area contributed by atoms with Crippen LogP contribution in [0.25, 0.3) is 0 Å². The summed E-state index contributed by atoms with van der Waals surface area (Å²) in [5.74, 6) is -1.02. The maximum absolute atomic E-state index is 11.7. The molecule has 2 aromatic heterocycles. The summed E-state index contributed by atoms with van der Waals surface area (Å²) in [5, 5.41) is 2.56. The van der Waals surface area contributed by atoms with Crippen LogP contribution in [0.15, 0.2) is 48.8 Å². The Hall–Kier alpha value is -2.56. The van der Waals surface area contributed by atoms with Crippen LogP contribution in [0.2, 0.25) is 0 Å². The molecular formula is C15H15N3O2. The molecule has 2 aromatic rings. The molecule has 5 heteroatoms. The Balaban J connectivity index is 1.76. The number of nitrogens with one attached hydrogen (secondary N) is 1. The monoisotopic (exact) mass is 269 g/mol. The number of ketones is 1. The highest BCUT2D eigenvalue weighted by Gasteiger charge is 2.13. The second kappa shape index (κ2) is 7.13. The van der Waals surface area contributed by atoms with Gasteiger partial charge in [-0.25, -0.2) is 0 Å². The van der Waals surface area contributed by atoms with E-state index in [1.165, 1.54) is 0 Å². The van der Waals surface area contributed by atoms with Crippen LogP contribution >= 0.6 is 0 Å². The number of carbonyl (C=O) groups excluding carboxylic acids is 2. The van der Waals surface area contributed by atoms with Crippen LogP contribution in [0.4, 0.5) is 0 Å². The second-order valence-electron chi connectivity index (χ2n) is 4.25. The minimum atomic E-state index is -0.577. The van der Waals surface area contributed by atoms with Crippen molar-refractivity contribution in [2.24, 2.45) is 0 Å². The van der Waals surface area contributed by atoms with Crippen LogP contribution in [0.5, 0.6) is 0 Å². The molecule has 0 unspecified atom stereocenters. The zero-order valence-electron chi connectivity index (χ0n) is 11.0. The first kappa shape index (κ1) is 13.9. The zero-order valence-corrected chi connectivity index (χ0v) is 11.0. The van der Waals surface area contributed by atoms with Crippen LogP contribution in [-0.4, -0.2) is 21.7 Å². The van der Waals surface area contributed by atoms with Crippen molar-refractivity contribution in [3.8, 4) is 0 Å². The van der Waals surface area contributed by atoms with Crippen molar-refractivity contribution in [2.75, 3.05) is 0 Å². The van der Waals surface area contributed by atoms with Crippen LogP contribution in [0, 0.1) is 0 Å². The molecule has 5 nitrogen and oxygen atoms in total. The second-order valence-corrected chi connectivity index (χ2v) is 4.25. The van der Waals surface area contributed by atoms with E-state index in [1.807, 2.05) is 24.3 Å². The van der Waals surface area contributed by atoms with Gasteiger partial charge in [0.25, 0.3) is 5.91 Å². The largest absolute Gasteiger partial charge is 0.344 e. The van der Waals surface area contributed by atoms with E-state index in [9.17, 15) is 9.59 Å². The number of carbonyl (C=O) groups is 2. The predicted octanol–water partition coefficient (Wildman–Crippen LogP) is 1.29. The van der Waals surface area contributed by atoms with Gasteiger partial charge in [0.1, 0.15) is 0 Å². The Morgan fingerprint density at radius 3 is 2.20 bits per heavy atom. The van der Waals surface area contributed by atoms with Crippen molar-refractivity contribution in [3.05, 3.63) is 60.2 Å². The number of Topliss-reactive ketones (excluding diaryl/α,β-unsaturated/α-hetero) is 1. The maximum atomic E-state index is 11.7. The number of amides is 1. The van der Waals surface area contributed by atoms with Crippen LogP contribution in [0.1, 0.15) is 17.8 Å². The number of hydrogen-bond acceptors (Lipinski definition) is 4. The SMILES string of the molecule is O=C(CCc1ccccn1)C(=O)NCc1ccccn1. The summed E-state index contributed by atoms with van der Waals surface area (Å²) in [6.07, 6.45) is 3.94. The molecule has 0 aromatic carbocycles. The predicted molar refractivity (Wildman–Crippen MR) is 73.6 cm³/mol. The molecule has 0 aliphatic rings. The number of aryl methyl sites for hydroxylation is 1. The number of pyridine rings is 2. The number of rotatable bonds is 6. The lowest BCUT2D eigenvalue weighted by molar-refractivity contribution is -0.138. The van der Waals surface area contributed by atoms with Gasteiger partial charge in [-0.05, 0) is 30.7 Å². The molecule has 102 valence electrons. The topological polar surface area (TPSA) is 72.0 Å². The Kier molecular flexibility index (Phi) is 4.94. The minimum absolute atomic E-state index is 0.158. The molecule has 0 atom stereocenters. The standard InChI is InChI=1S/C15H15N3O2/c19-14(8-7-12-5-1-3-9-16-12)15(20)18-11-13-6-2-4-10-17-13/h1-6,9-10H,7-8,11H2,(H,18,20). The smallest absolute Gasteiger partial charge is 0.287 e. The third-order valence-corrected chi connectivity index (χ3v) is 2.74. The van der Waals surface area contributed by atoms with Crippen molar-refractivity contribution in [1.29, 1.82) is 0 Å². The van der Waals surface area contributed by atoms with E-state index in [0.717, 1.165) is 11.4 Å². The first-order valence-corrected chi connectivity index (χ1v) is 6.36. The van der Waals surface area contributed by atoms with Crippen LogP contribution in [-0.2, 0) is 22.6 Å². The van der Waals surface area contributed by atoms with E-state index < -0.39 is 11.7 Å². The lowest BCUT2D eigenvalue weighted by Crippen LogP contribution is -2.31. The maximum Gasteiger partial charge on any atom is 0.287 e. The Bertz CT molecular complexity index is 517. The van der Waals surface area contributed by atoms with Crippen LogP contribution in [0.3, 0.4) is 0 Å². The highest BCUT2D eigenvalue weighted by Crippen LogP contribution is 1.99. The van der Waals surface area contributed by atoms with Gasteiger partial charge in [-0.2, -0.15) is 0 Å². The van der Waals surface area contributed by atoms with Crippen molar-refractivity contribution in [3.63, 3.8) is 0 Å². The normalized spacial score (nSPS) is 10.0. The Morgan fingerprint density at radius 2 is 1.60 bits per heavy atom. The first-order chi connectivity index (χ1) is 9.75. The van der Waals surface area contributed by atoms with Gasteiger partial charge < -0.3 is 5.32 Å². The molecule has 0 saturated carbocycles. The zero-order chi connectivity index (χ0) is 14.2. The van der Waals surface area contributed by atoms with Gasteiger partial charge in [-0.15, -0.1) is 0 Å². The lowest BCUT2D eigenvalue weighted by Gasteiger charge is -2.04. The van der Waals surface area contributed by atoms with E-state index in [-0.39, 0.29) is 13.0 Å². The Labute approximate surface area is 117 Å². The van der Waals surface area contributed by atoms with Gasteiger partial charge in [0.15, 0.2) is 0 Å². The summed E-state index contributed by atoms with van der Waals surface area (Å²) in [4.78, 5) is 31.5. The summed E-state index contributed by atoms with van der Waals surface area (Å²) >= 11 is 0. The molecule has 0 bridgehead atoms. The fourth-order valence-corrected chi connectivity index (χ4v) is 1.67. The van der Waals surface area contributed by atoms with Crippen molar-refractivity contribution in [1.82, 2.24) is 15.3 Å². The third kappa shape index (κ3) is 4.28. The average molecular weight is 269 g/mol. The summed E-state index contributed by atoms with van der Waals surface area (Å²) in [6.45, 7) is 0.259. The number of nitrogens with zero attached hydrogens (tertiary/aromatic N) is 2. The lowest BCUT2D eigenvalue weighted by atomic mass is 10.1. The van der Waals surface area contributed by atoms with Gasteiger partial charge in [-0.1, -0.05) is 12.1 Å². The molecule has 2 heterocycles. The minimum Gasteiger partial charge on any atom is -0.344 e. The van der Waals surface area contributed by atoms with Gasteiger partial charge >= 0.3 is 0 Å². The fourth-order valence-electron chi connectivity index (χ4n) is 1.67. The molecular weight excluding hydrogens is 254 g/mol. The van der Waals surface area contributed by atoms with E-state index in [1.54, 1.807) is 24.5 Å². The van der Waals surface area contributed by atoms with Gasteiger partial charge in [0.2, 0.25) is 5.78 Å². The summed E-state index contributed by atoms with van der Waals surface area (Å²) in [7, 11) is 0. The van der Waals surface area contributed by atoms with Gasteiger partial charge in [0, 0.05) is 24.5 Å². The fraction of sp³-hybridized carbons (Fsp3) is 0.200. The molecule has 0 fully saturated rings. The summed E-state index contributed by atoms with van der Waals surface area (Å²) in [6, 6.07) is 10.9. The molecule has 0 radical (unpaired) electrons. The third-order valence-electron chi connectivity index (χ3n) is 2.74. The molecule has 1 amide bonds. The highest BCUT2D eigenvalue weighted by atomic mass is 16.2. The van der Waals surface area contributed by atoms with E-state index >= 15 is 0 Å². The number of aromatic nitrogens is 2. The van der Waals surface area contributed by atoms with Gasteiger partial charge in [0.05, 0.1) is 12.2 Å². The quantitative estimate of drug-likeness (QED) is 0.802. The molecule has 20 heavy (non-hydrogen) atoms. The molecule has 0 aliphatic carbocycles. The molecule has 0 aliphatic heterocycles. The summed E-state index contributed by atoms with van der Waals surface area (Å²) < 4.78 is 0. The molecule has 0 saturated heterocycles. The molecule has 1 N–H and O–H groups in total. The first-order valence-electron chi connectivity index (χ1n) is 6.36. The highest BCUT2D eigenvalue weighted by molar-refractivity contribution is 6.36. The van der Waals surface area contributed by atoms with E-state index in [4.69, 9.17) is 0 Å². The van der Waals surface area contributed by atoms with Gasteiger partial charge in [-0.3, -0.25) is 19.6 Å². The summed E-state index contributed by atoms with van der Waals surface area (Å²) in [5.41, 5.74) is 1.52. The van der Waals surface area contributed by atoms with Crippen molar-refractivity contribution in [2.45, 2.75) is 19.4 Å². The van der Waals surface area contributed by atoms with Crippen molar-refractivity contribution < 1.29 is 9.59 Å². The average Bonchev–Trinajstić information content (AvgIpc) is 2.52. The Morgan fingerprint density at radius 1 is 0.950 bits per heavy atom.